The Kier molecular flexibility index (Phi) is 7.55. The fourth-order valence-electron chi connectivity index (χ4n) is 2.72. The van der Waals surface area contributed by atoms with Crippen molar-refractivity contribution >= 4 is 23.1 Å². The van der Waals surface area contributed by atoms with Crippen LogP contribution >= 0.6 is 0 Å². The van der Waals surface area contributed by atoms with Gasteiger partial charge in [0.1, 0.15) is 17.3 Å². The molecule has 0 saturated carbocycles. The molecule has 1 heterocycles. The number of hydrogen-bond donors (Lipinski definition) is 2. The molecule has 0 spiro atoms. The van der Waals surface area contributed by atoms with Gasteiger partial charge in [-0.2, -0.15) is 0 Å². The molecule has 0 radical (unpaired) electrons. The van der Waals surface area contributed by atoms with Gasteiger partial charge in [-0.1, -0.05) is 0 Å². The van der Waals surface area contributed by atoms with Crippen LogP contribution in [0.1, 0.15) is 30.2 Å². The maximum Gasteiger partial charge on any atom is 0.270 e. The number of benzene rings is 1. The van der Waals surface area contributed by atoms with Crippen LogP contribution < -0.4 is 15.5 Å². The van der Waals surface area contributed by atoms with Crippen molar-refractivity contribution in [1.29, 1.82) is 0 Å². The molecule has 27 heavy (non-hydrogen) atoms. The first kappa shape index (κ1) is 20.6. The summed E-state index contributed by atoms with van der Waals surface area (Å²) in [6, 6.07) is 9.87. The molecule has 1 aromatic heterocycles. The van der Waals surface area contributed by atoms with Crippen molar-refractivity contribution in [3.63, 3.8) is 0 Å². The molecular weight excluding hydrogens is 340 g/mol. The van der Waals surface area contributed by atoms with Gasteiger partial charge in [0, 0.05) is 43.6 Å². The maximum absolute atomic E-state index is 12.3. The zero-order valence-corrected chi connectivity index (χ0v) is 16.9. The molecule has 7 nitrogen and oxygen atoms in total. The molecule has 0 aliphatic rings. The highest BCUT2D eigenvalue weighted by Crippen LogP contribution is 2.20. The number of nitrogens with one attached hydrogen (secondary N) is 2. The fraction of sp³-hybridized carbons (Fsp3) is 0.450. The minimum absolute atomic E-state index is 0.192. The van der Waals surface area contributed by atoms with Crippen molar-refractivity contribution < 1.29 is 4.79 Å². The zero-order valence-electron chi connectivity index (χ0n) is 16.9. The topological polar surface area (TPSA) is 73.4 Å². The Morgan fingerprint density at radius 2 is 1.74 bits per heavy atom. The molecule has 0 aliphatic carbocycles. The summed E-state index contributed by atoms with van der Waals surface area (Å²) in [5.41, 5.74) is 2.47. The van der Waals surface area contributed by atoms with E-state index in [4.69, 9.17) is 0 Å². The Morgan fingerprint density at radius 3 is 2.33 bits per heavy atom. The van der Waals surface area contributed by atoms with Crippen LogP contribution in [0.2, 0.25) is 0 Å². The minimum Gasteiger partial charge on any atom is -0.372 e. The van der Waals surface area contributed by atoms with Crippen molar-refractivity contribution in [2.24, 2.45) is 0 Å². The van der Waals surface area contributed by atoms with Crippen molar-refractivity contribution in [3.8, 4) is 0 Å². The number of aryl methyl sites for hydroxylation is 1. The summed E-state index contributed by atoms with van der Waals surface area (Å²) in [4.78, 5) is 25.3. The molecule has 0 fully saturated rings. The number of likely N-dealkylation sites (N-methyl/N-ethyl adjacent to an activating group) is 1. The molecular formula is C20H30N6O. The summed E-state index contributed by atoms with van der Waals surface area (Å²) in [5.74, 6) is 0.968. The normalized spacial score (nSPS) is 10.7. The Morgan fingerprint density at radius 1 is 1.07 bits per heavy atom. The van der Waals surface area contributed by atoms with Gasteiger partial charge in [0.2, 0.25) is 0 Å². The largest absolute Gasteiger partial charge is 0.372 e. The molecule has 0 unspecified atom stereocenters. The summed E-state index contributed by atoms with van der Waals surface area (Å²) in [6.07, 6.45) is 0. The van der Waals surface area contributed by atoms with Crippen LogP contribution in [0, 0.1) is 6.92 Å². The number of carbonyl (C=O) groups is 1. The number of amides is 1. The Hall–Kier alpha value is -2.67. The number of rotatable bonds is 9. The molecule has 2 aromatic rings. The second kappa shape index (κ2) is 9.87. The Bertz CT molecular complexity index is 741. The number of aromatic nitrogens is 2. The first-order valence-corrected chi connectivity index (χ1v) is 9.33. The lowest BCUT2D eigenvalue weighted by Gasteiger charge is -2.21. The monoisotopic (exact) mass is 370 g/mol. The summed E-state index contributed by atoms with van der Waals surface area (Å²) in [7, 11) is 3.93. The predicted octanol–water partition coefficient (Wildman–Crippen LogP) is 2.67. The fourth-order valence-corrected chi connectivity index (χ4v) is 2.72. The van der Waals surface area contributed by atoms with Crippen LogP contribution in [0.25, 0.3) is 0 Å². The van der Waals surface area contributed by atoms with E-state index in [0.29, 0.717) is 23.9 Å². The summed E-state index contributed by atoms with van der Waals surface area (Å²) >= 11 is 0. The molecule has 2 N–H and O–H groups in total. The lowest BCUT2D eigenvalue weighted by atomic mass is 10.2. The Labute approximate surface area is 161 Å². The minimum atomic E-state index is -0.192. The van der Waals surface area contributed by atoms with Gasteiger partial charge in [-0.3, -0.25) is 4.79 Å². The molecule has 146 valence electrons. The second-order valence-corrected chi connectivity index (χ2v) is 6.59. The van der Waals surface area contributed by atoms with Crippen LogP contribution in [-0.4, -0.2) is 61.0 Å². The van der Waals surface area contributed by atoms with Gasteiger partial charge in [0.25, 0.3) is 5.91 Å². The van der Waals surface area contributed by atoms with E-state index >= 15 is 0 Å². The van der Waals surface area contributed by atoms with Crippen molar-refractivity contribution in [2.75, 3.05) is 50.5 Å². The van der Waals surface area contributed by atoms with E-state index in [2.05, 4.69) is 51.5 Å². The van der Waals surface area contributed by atoms with Crippen LogP contribution in [0.3, 0.4) is 0 Å². The van der Waals surface area contributed by atoms with Gasteiger partial charge < -0.3 is 20.4 Å². The second-order valence-electron chi connectivity index (χ2n) is 6.59. The van der Waals surface area contributed by atoms with E-state index in [1.807, 2.05) is 31.1 Å². The molecule has 0 aliphatic heterocycles. The first-order chi connectivity index (χ1) is 12.9. The summed E-state index contributed by atoms with van der Waals surface area (Å²) in [6.45, 7) is 9.37. The third-order valence-corrected chi connectivity index (χ3v) is 4.18. The number of nitrogens with zero attached hydrogens (tertiary/aromatic N) is 4. The lowest BCUT2D eigenvalue weighted by Crippen LogP contribution is -2.32. The van der Waals surface area contributed by atoms with E-state index < -0.39 is 0 Å². The van der Waals surface area contributed by atoms with E-state index in [1.54, 1.807) is 13.0 Å². The Balaban J connectivity index is 2.08. The van der Waals surface area contributed by atoms with E-state index in [1.165, 1.54) is 5.69 Å². The maximum atomic E-state index is 12.3. The van der Waals surface area contributed by atoms with Gasteiger partial charge in [0.15, 0.2) is 0 Å². The molecule has 2 rings (SSSR count). The van der Waals surface area contributed by atoms with Crippen molar-refractivity contribution in [2.45, 2.75) is 20.8 Å². The lowest BCUT2D eigenvalue weighted by molar-refractivity contribution is 0.0945. The molecule has 7 heteroatoms. The van der Waals surface area contributed by atoms with Gasteiger partial charge in [-0.05, 0) is 59.1 Å². The summed E-state index contributed by atoms with van der Waals surface area (Å²) in [5, 5.41) is 6.14. The third-order valence-electron chi connectivity index (χ3n) is 4.18. The smallest absolute Gasteiger partial charge is 0.270 e. The van der Waals surface area contributed by atoms with E-state index in [9.17, 15) is 4.79 Å². The number of hydrogen-bond acceptors (Lipinski definition) is 6. The van der Waals surface area contributed by atoms with Gasteiger partial charge in [-0.15, -0.1) is 0 Å². The van der Waals surface area contributed by atoms with E-state index in [-0.39, 0.29) is 5.91 Å². The van der Waals surface area contributed by atoms with Crippen molar-refractivity contribution in [1.82, 2.24) is 20.2 Å². The molecule has 0 atom stereocenters. The number of anilines is 3. The standard InChI is InChI=1S/C20H30N6O/c1-6-26(7-2)17-10-8-16(9-11-17)24-19-14-18(22-15(3)23-19)20(27)21-12-13-25(4)5/h8-11,14H,6-7,12-13H2,1-5H3,(H,21,27)(H,22,23,24). The predicted molar refractivity (Wildman–Crippen MR) is 111 cm³/mol. The van der Waals surface area contributed by atoms with Crippen LogP contribution in [0.15, 0.2) is 30.3 Å². The van der Waals surface area contributed by atoms with Crippen LogP contribution in [0.4, 0.5) is 17.2 Å². The van der Waals surface area contributed by atoms with Gasteiger partial charge in [0.05, 0.1) is 0 Å². The van der Waals surface area contributed by atoms with E-state index in [0.717, 1.165) is 25.3 Å². The molecule has 0 bridgehead atoms. The van der Waals surface area contributed by atoms with Crippen molar-refractivity contribution in [3.05, 3.63) is 41.9 Å². The zero-order chi connectivity index (χ0) is 19.8. The SMILES string of the molecule is CCN(CC)c1ccc(Nc2cc(C(=O)NCCN(C)C)nc(C)n2)cc1. The molecule has 1 amide bonds. The van der Waals surface area contributed by atoms with Gasteiger partial charge >= 0.3 is 0 Å². The highest BCUT2D eigenvalue weighted by Gasteiger charge is 2.11. The number of carbonyl (C=O) groups excluding carboxylic acids is 1. The average molecular weight is 371 g/mol. The van der Waals surface area contributed by atoms with Crippen LogP contribution in [-0.2, 0) is 0 Å². The average Bonchev–Trinajstić information content (AvgIpc) is 2.63. The highest BCUT2D eigenvalue weighted by molar-refractivity contribution is 5.93. The quantitative estimate of drug-likeness (QED) is 0.707. The van der Waals surface area contributed by atoms with Gasteiger partial charge in [-0.25, -0.2) is 9.97 Å². The first-order valence-electron chi connectivity index (χ1n) is 9.33. The highest BCUT2D eigenvalue weighted by atomic mass is 16.1. The molecule has 0 saturated heterocycles. The third kappa shape index (κ3) is 6.21. The van der Waals surface area contributed by atoms with Crippen LogP contribution in [0.5, 0.6) is 0 Å². The summed E-state index contributed by atoms with van der Waals surface area (Å²) < 4.78 is 0. The molecule has 1 aromatic carbocycles.